The second-order valence-corrected chi connectivity index (χ2v) is 9.60. The van der Waals surface area contributed by atoms with Crippen molar-refractivity contribution < 1.29 is 0 Å². The van der Waals surface area contributed by atoms with Crippen molar-refractivity contribution in [2.75, 3.05) is 0 Å². The van der Waals surface area contributed by atoms with Crippen LogP contribution < -0.4 is 0 Å². The summed E-state index contributed by atoms with van der Waals surface area (Å²) < 4.78 is 0. The van der Waals surface area contributed by atoms with Crippen LogP contribution in [0, 0.1) is 11.3 Å². The number of hydrogen-bond acceptors (Lipinski definition) is 1. The number of nitrogens with zero attached hydrogens (tertiary/aromatic N) is 1. The third-order valence-electron chi connectivity index (χ3n) is 7.26. The van der Waals surface area contributed by atoms with Gasteiger partial charge in [-0.1, -0.05) is 94.7 Å². The van der Waals surface area contributed by atoms with Gasteiger partial charge in [-0.2, -0.15) is 5.26 Å². The predicted octanol–water partition coefficient (Wildman–Crippen LogP) is 9.07. The average Bonchev–Trinajstić information content (AvgIpc) is 2.83. The Morgan fingerprint density at radius 3 is 1.58 bits per heavy atom. The first-order valence-corrected chi connectivity index (χ1v) is 12.9. The molecule has 1 saturated carbocycles. The van der Waals surface area contributed by atoms with Gasteiger partial charge >= 0.3 is 0 Å². The Balaban J connectivity index is 1.33. The van der Waals surface area contributed by atoms with E-state index in [1.807, 2.05) is 12.1 Å². The third kappa shape index (κ3) is 7.84. The van der Waals surface area contributed by atoms with Crippen LogP contribution in [0.15, 0.2) is 48.5 Å². The molecular weight excluding hydrogens is 374 g/mol. The lowest BCUT2D eigenvalue weighted by molar-refractivity contribution is 0.396. The van der Waals surface area contributed by atoms with E-state index in [4.69, 9.17) is 5.26 Å². The van der Waals surface area contributed by atoms with Crippen molar-refractivity contribution in [2.24, 2.45) is 0 Å². The lowest BCUT2D eigenvalue weighted by Crippen LogP contribution is -2.12. The molecule has 0 atom stereocenters. The Morgan fingerprint density at radius 2 is 1.10 bits per heavy atom. The highest BCUT2D eigenvalue weighted by atomic mass is 14.3. The van der Waals surface area contributed by atoms with Crippen LogP contribution in [0.5, 0.6) is 0 Å². The highest BCUT2D eigenvalue weighted by Crippen LogP contribution is 2.40. The Morgan fingerprint density at radius 1 is 0.645 bits per heavy atom. The minimum absolute atomic E-state index is 0.662. The molecule has 1 heteroatoms. The van der Waals surface area contributed by atoms with E-state index in [9.17, 15) is 0 Å². The summed E-state index contributed by atoms with van der Waals surface area (Å²) >= 11 is 0. The lowest BCUT2D eigenvalue weighted by atomic mass is 9.76. The summed E-state index contributed by atoms with van der Waals surface area (Å²) in [5, 5.41) is 8.98. The van der Waals surface area contributed by atoms with Crippen molar-refractivity contribution in [3.63, 3.8) is 0 Å². The molecule has 0 saturated heterocycles. The number of unbranched alkanes of at least 4 members (excludes halogenated alkanes) is 8. The summed E-state index contributed by atoms with van der Waals surface area (Å²) in [5.41, 5.74) is 5.22. The molecule has 0 amide bonds. The zero-order valence-corrected chi connectivity index (χ0v) is 19.6. The van der Waals surface area contributed by atoms with Crippen LogP contribution in [0.1, 0.15) is 124 Å². The highest BCUT2D eigenvalue weighted by molar-refractivity contribution is 5.33. The van der Waals surface area contributed by atoms with E-state index in [-0.39, 0.29) is 0 Å². The van der Waals surface area contributed by atoms with Crippen molar-refractivity contribution in [3.05, 3.63) is 70.8 Å². The fourth-order valence-corrected chi connectivity index (χ4v) is 5.19. The molecule has 2 aromatic carbocycles. The zero-order chi connectivity index (χ0) is 21.7. The molecule has 0 spiro atoms. The van der Waals surface area contributed by atoms with E-state index in [0.29, 0.717) is 5.92 Å². The van der Waals surface area contributed by atoms with E-state index in [2.05, 4.69) is 49.4 Å². The fourth-order valence-electron chi connectivity index (χ4n) is 5.19. The van der Waals surface area contributed by atoms with Crippen molar-refractivity contribution >= 4 is 0 Å². The summed E-state index contributed by atoms with van der Waals surface area (Å²) in [6.07, 6.45) is 18.9. The molecule has 1 aliphatic rings. The topological polar surface area (TPSA) is 23.8 Å². The van der Waals surface area contributed by atoms with E-state index < -0.39 is 0 Å². The van der Waals surface area contributed by atoms with Crippen LogP contribution in [0.4, 0.5) is 0 Å². The molecule has 2 aromatic rings. The Hall–Kier alpha value is -2.07. The maximum atomic E-state index is 8.98. The summed E-state index contributed by atoms with van der Waals surface area (Å²) in [6, 6.07) is 20.0. The number of rotatable bonds is 12. The monoisotopic (exact) mass is 415 g/mol. The van der Waals surface area contributed by atoms with Gasteiger partial charge in [-0.3, -0.25) is 0 Å². The van der Waals surface area contributed by atoms with Gasteiger partial charge in [0, 0.05) is 0 Å². The Bertz CT molecular complexity index is 773. The van der Waals surface area contributed by atoms with Crippen LogP contribution in [0.2, 0.25) is 0 Å². The molecule has 0 heterocycles. The molecule has 0 bridgehead atoms. The van der Waals surface area contributed by atoms with Crippen LogP contribution in [0.25, 0.3) is 0 Å². The summed E-state index contributed by atoms with van der Waals surface area (Å²) in [7, 11) is 0. The quantitative estimate of drug-likeness (QED) is 0.317. The average molecular weight is 416 g/mol. The van der Waals surface area contributed by atoms with Gasteiger partial charge in [-0.15, -0.1) is 0 Å². The fraction of sp³-hybridized carbons (Fsp3) is 0.567. The molecule has 0 aliphatic heterocycles. The summed E-state index contributed by atoms with van der Waals surface area (Å²) in [6.45, 7) is 2.29. The van der Waals surface area contributed by atoms with E-state index in [1.165, 1.54) is 107 Å². The molecular formula is C30H41N. The van der Waals surface area contributed by atoms with Gasteiger partial charge in [0.25, 0.3) is 0 Å². The first kappa shape index (κ1) is 23.6. The molecule has 0 N–H and O–H groups in total. The lowest BCUT2D eigenvalue weighted by Gasteiger charge is -2.29. The van der Waals surface area contributed by atoms with Gasteiger partial charge in [0.2, 0.25) is 0 Å². The summed E-state index contributed by atoms with van der Waals surface area (Å²) in [4.78, 5) is 0. The minimum Gasteiger partial charge on any atom is -0.192 e. The van der Waals surface area contributed by atoms with Crippen LogP contribution in [-0.4, -0.2) is 0 Å². The van der Waals surface area contributed by atoms with Crippen molar-refractivity contribution in [1.29, 1.82) is 5.26 Å². The van der Waals surface area contributed by atoms with Crippen molar-refractivity contribution in [2.45, 2.75) is 109 Å². The molecule has 0 unspecified atom stereocenters. The van der Waals surface area contributed by atoms with Gasteiger partial charge in [0.15, 0.2) is 0 Å². The van der Waals surface area contributed by atoms with Crippen LogP contribution >= 0.6 is 0 Å². The number of aryl methyl sites for hydroxylation is 1. The van der Waals surface area contributed by atoms with Gasteiger partial charge in [0.05, 0.1) is 11.6 Å². The smallest absolute Gasteiger partial charge is 0.0991 e. The van der Waals surface area contributed by atoms with Gasteiger partial charge in [-0.25, -0.2) is 0 Å². The molecule has 1 fully saturated rings. The summed E-state index contributed by atoms with van der Waals surface area (Å²) in [5.74, 6) is 1.38. The van der Waals surface area contributed by atoms with Gasteiger partial charge < -0.3 is 0 Å². The molecule has 3 rings (SSSR count). The van der Waals surface area contributed by atoms with Crippen molar-refractivity contribution in [3.8, 4) is 6.07 Å². The maximum Gasteiger partial charge on any atom is 0.0991 e. The van der Waals surface area contributed by atoms with Crippen LogP contribution in [-0.2, 0) is 6.42 Å². The minimum atomic E-state index is 0.662. The molecule has 31 heavy (non-hydrogen) atoms. The molecule has 1 nitrogen and oxygen atoms in total. The van der Waals surface area contributed by atoms with E-state index in [0.717, 1.165) is 11.5 Å². The van der Waals surface area contributed by atoms with Gasteiger partial charge in [-0.05, 0) is 79.2 Å². The highest BCUT2D eigenvalue weighted by Gasteiger charge is 2.23. The normalized spacial score (nSPS) is 18.6. The second-order valence-electron chi connectivity index (χ2n) is 9.60. The maximum absolute atomic E-state index is 8.98. The first-order chi connectivity index (χ1) is 15.3. The Labute approximate surface area is 190 Å². The molecule has 0 aromatic heterocycles. The van der Waals surface area contributed by atoms with Gasteiger partial charge in [0.1, 0.15) is 0 Å². The van der Waals surface area contributed by atoms with E-state index >= 15 is 0 Å². The predicted molar refractivity (Wildman–Crippen MR) is 132 cm³/mol. The third-order valence-corrected chi connectivity index (χ3v) is 7.26. The molecule has 1 aliphatic carbocycles. The molecule has 0 radical (unpaired) electrons. The van der Waals surface area contributed by atoms with Crippen LogP contribution in [0.3, 0.4) is 0 Å². The zero-order valence-electron chi connectivity index (χ0n) is 19.6. The number of benzene rings is 2. The Kier molecular flexibility index (Phi) is 10.2. The largest absolute Gasteiger partial charge is 0.192 e. The van der Waals surface area contributed by atoms with Crippen molar-refractivity contribution in [1.82, 2.24) is 0 Å². The first-order valence-electron chi connectivity index (χ1n) is 12.9. The molecule has 166 valence electrons. The number of nitriles is 1. The standard InChI is InChI=1S/C30H41N/c1-2-3-4-5-6-7-8-9-10-11-25-12-16-27(17-13-25)29-20-22-30(23-21-29)28-18-14-26(24-31)15-19-28/h12-19,29-30H,2-11,20-23H2,1H3/t29-,30-. The second kappa shape index (κ2) is 13.4. The SMILES string of the molecule is CCCCCCCCCCCc1ccc([C@H]2CC[C@H](c3ccc(C#N)cc3)CC2)cc1. The number of hydrogen-bond donors (Lipinski definition) is 0. The van der Waals surface area contributed by atoms with E-state index in [1.54, 1.807) is 0 Å².